The molecule has 0 spiro atoms. The molecule has 9 atom stereocenters. The monoisotopic (exact) mass is 641 g/mol. The number of oxazole rings is 1. The van der Waals surface area contributed by atoms with Crippen LogP contribution in [0.4, 0.5) is 0 Å². The van der Waals surface area contributed by atoms with Crippen molar-refractivity contribution in [2.45, 2.75) is 103 Å². The molecule has 1 unspecified atom stereocenters. The van der Waals surface area contributed by atoms with Crippen molar-refractivity contribution < 1.29 is 43.2 Å². The van der Waals surface area contributed by atoms with Gasteiger partial charge in [0.05, 0.1) is 25.4 Å². The quantitative estimate of drug-likeness (QED) is 0.155. The first-order valence-corrected chi connectivity index (χ1v) is 15.9. The lowest BCUT2D eigenvalue weighted by Crippen LogP contribution is -2.41. The van der Waals surface area contributed by atoms with Gasteiger partial charge in [-0.3, -0.25) is 4.79 Å². The molecule has 0 amide bonds. The zero-order valence-corrected chi connectivity index (χ0v) is 28.3. The lowest BCUT2D eigenvalue weighted by molar-refractivity contribution is -0.150. The van der Waals surface area contributed by atoms with E-state index in [1.54, 1.807) is 26.4 Å². The Labute approximate surface area is 272 Å². The number of hydrogen-bond acceptors (Lipinski definition) is 10. The third-order valence-corrected chi connectivity index (χ3v) is 8.95. The molecule has 3 rings (SSSR count). The third-order valence-electron chi connectivity index (χ3n) is 8.95. The number of hydrogen-bond donors (Lipinski definition) is 2. The average Bonchev–Trinajstić information content (AvgIpc) is 3.51. The molecule has 1 aromatic heterocycles. The predicted molar refractivity (Wildman–Crippen MR) is 174 cm³/mol. The molecule has 0 bridgehead atoms. The van der Waals surface area contributed by atoms with Gasteiger partial charge in [-0.25, -0.2) is 9.78 Å². The molecule has 2 aliphatic heterocycles. The van der Waals surface area contributed by atoms with Gasteiger partial charge in [0.15, 0.2) is 5.89 Å². The minimum Gasteiger partial charge on any atom is -0.469 e. The second-order valence-electron chi connectivity index (χ2n) is 12.7. The Morgan fingerprint density at radius 1 is 1.22 bits per heavy atom. The first-order valence-electron chi connectivity index (χ1n) is 15.9. The number of cyclic esters (lactones) is 1. The first-order chi connectivity index (χ1) is 21.8. The number of esters is 2. The molecular formula is C36H51NO9. The molecule has 1 aromatic rings. The van der Waals surface area contributed by atoms with E-state index in [0.717, 1.165) is 16.8 Å². The maximum atomic E-state index is 13.1. The van der Waals surface area contributed by atoms with Gasteiger partial charge in [-0.15, -0.1) is 0 Å². The molecule has 254 valence electrons. The van der Waals surface area contributed by atoms with Crippen LogP contribution < -0.4 is 0 Å². The zero-order chi connectivity index (χ0) is 34.0. The molecule has 2 aliphatic rings. The largest absolute Gasteiger partial charge is 0.469 e. The van der Waals surface area contributed by atoms with E-state index in [-0.39, 0.29) is 42.7 Å². The Morgan fingerprint density at radius 2 is 1.96 bits per heavy atom. The molecule has 0 radical (unpaired) electrons. The molecule has 1 saturated heterocycles. The number of aryl methyl sites for hydroxylation is 1. The van der Waals surface area contributed by atoms with Crippen LogP contribution in [0.2, 0.25) is 0 Å². The lowest BCUT2D eigenvalue weighted by Gasteiger charge is -2.32. The van der Waals surface area contributed by atoms with Crippen molar-refractivity contribution in [2.24, 2.45) is 17.8 Å². The minimum atomic E-state index is -0.932. The number of epoxide rings is 1. The van der Waals surface area contributed by atoms with Crippen LogP contribution in [0.25, 0.3) is 6.08 Å². The van der Waals surface area contributed by atoms with Gasteiger partial charge in [0.1, 0.15) is 29.8 Å². The van der Waals surface area contributed by atoms with Crippen LogP contribution >= 0.6 is 0 Å². The minimum absolute atomic E-state index is 0.115. The van der Waals surface area contributed by atoms with Gasteiger partial charge in [-0.2, -0.15) is 0 Å². The summed E-state index contributed by atoms with van der Waals surface area (Å²) in [4.78, 5) is 29.4. The van der Waals surface area contributed by atoms with Crippen molar-refractivity contribution in [3.63, 3.8) is 0 Å². The fraction of sp³-hybridized carbons (Fsp3) is 0.583. The van der Waals surface area contributed by atoms with Crippen LogP contribution in [0.3, 0.4) is 0 Å². The fourth-order valence-corrected chi connectivity index (χ4v) is 5.83. The summed E-state index contributed by atoms with van der Waals surface area (Å²) in [6, 6.07) is 0. The molecular weight excluding hydrogens is 590 g/mol. The van der Waals surface area contributed by atoms with Crippen LogP contribution in [-0.2, 0) is 28.5 Å². The van der Waals surface area contributed by atoms with E-state index in [1.807, 2.05) is 71.1 Å². The number of ether oxygens (including phenoxy) is 4. The van der Waals surface area contributed by atoms with E-state index >= 15 is 0 Å². The molecule has 0 aliphatic carbocycles. The van der Waals surface area contributed by atoms with Gasteiger partial charge in [-0.1, -0.05) is 50.3 Å². The van der Waals surface area contributed by atoms with Crippen LogP contribution in [0.15, 0.2) is 64.4 Å². The number of rotatable bonds is 9. The number of allylic oxidation sites excluding steroid dienone is 5. The maximum absolute atomic E-state index is 13.1. The summed E-state index contributed by atoms with van der Waals surface area (Å²) in [5.74, 6) is -1.11. The smallest absolute Gasteiger partial charge is 0.330 e. The Hall–Kier alpha value is -3.31. The summed E-state index contributed by atoms with van der Waals surface area (Å²) < 4.78 is 27.9. The SMILES string of the molecule is COC(=O)C[C@@H]1C/C=C/C(=O)OC([C@H](C)[C@@H](OC)/C(C)=C/C=C/C(C)=C\c2coc(C)n2)C[C@H](O)[C@]2(C)O[C@@H]2/C=C/[C@@H](C)[C@H](O)C1. The van der Waals surface area contributed by atoms with Crippen molar-refractivity contribution in [1.29, 1.82) is 0 Å². The molecule has 3 heterocycles. The van der Waals surface area contributed by atoms with Crippen molar-refractivity contribution in [3.8, 4) is 0 Å². The predicted octanol–water partition coefficient (Wildman–Crippen LogP) is 5.44. The van der Waals surface area contributed by atoms with Crippen molar-refractivity contribution >= 4 is 18.0 Å². The number of carbonyl (C=O) groups excluding carboxylic acids is 2. The summed E-state index contributed by atoms with van der Waals surface area (Å²) in [6.45, 7) is 11.4. The van der Waals surface area contributed by atoms with E-state index in [4.69, 9.17) is 23.4 Å². The highest BCUT2D eigenvalue weighted by atomic mass is 16.6. The van der Waals surface area contributed by atoms with E-state index < -0.39 is 36.0 Å². The van der Waals surface area contributed by atoms with E-state index in [9.17, 15) is 19.8 Å². The lowest BCUT2D eigenvalue weighted by atomic mass is 9.85. The van der Waals surface area contributed by atoms with Gasteiger partial charge in [0, 0.05) is 44.8 Å². The zero-order valence-electron chi connectivity index (χ0n) is 28.3. The van der Waals surface area contributed by atoms with Crippen molar-refractivity contribution in [1.82, 2.24) is 4.98 Å². The molecule has 0 aromatic carbocycles. The second-order valence-corrected chi connectivity index (χ2v) is 12.7. The summed E-state index contributed by atoms with van der Waals surface area (Å²) in [5, 5.41) is 22.2. The van der Waals surface area contributed by atoms with Gasteiger partial charge in [-0.05, 0) is 56.8 Å². The maximum Gasteiger partial charge on any atom is 0.330 e. The molecule has 46 heavy (non-hydrogen) atoms. The van der Waals surface area contributed by atoms with Crippen molar-refractivity contribution in [2.75, 3.05) is 14.2 Å². The van der Waals surface area contributed by atoms with Gasteiger partial charge in [0.2, 0.25) is 0 Å². The Balaban J connectivity index is 1.82. The third kappa shape index (κ3) is 10.6. The summed E-state index contributed by atoms with van der Waals surface area (Å²) in [6.07, 6.45) is 14.0. The molecule has 10 nitrogen and oxygen atoms in total. The second kappa shape index (κ2) is 17.0. The first kappa shape index (κ1) is 37.2. The van der Waals surface area contributed by atoms with Crippen LogP contribution in [0.5, 0.6) is 0 Å². The molecule has 0 saturated carbocycles. The van der Waals surface area contributed by atoms with E-state index in [1.165, 1.54) is 13.2 Å². The average molecular weight is 642 g/mol. The van der Waals surface area contributed by atoms with Crippen LogP contribution in [-0.4, -0.2) is 77.5 Å². The van der Waals surface area contributed by atoms with Gasteiger partial charge < -0.3 is 33.6 Å². The normalized spacial score (nSPS) is 32.7. The number of aliphatic hydroxyl groups excluding tert-OH is 2. The topological polar surface area (TPSA) is 141 Å². The molecule has 10 heteroatoms. The number of nitrogens with zero attached hydrogens (tertiary/aromatic N) is 1. The summed E-state index contributed by atoms with van der Waals surface area (Å²) in [5.41, 5.74) is 1.78. The highest BCUT2D eigenvalue weighted by molar-refractivity contribution is 5.82. The van der Waals surface area contributed by atoms with Crippen LogP contribution in [0.1, 0.15) is 71.9 Å². The number of carbonyl (C=O) groups is 2. The van der Waals surface area contributed by atoms with Gasteiger partial charge in [0.25, 0.3) is 0 Å². The number of methoxy groups -OCH3 is 2. The number of fused-ring (bicyclic) bond motifs is 1. The fourth-order valence-electron chi connectivity index (χ4n) is 5.83. The Bertz CT molecular complexity index is 1320. The summed E-state index contributed by atoms with van der Waals surface area (Å²) in [7, 11) is 2.94. The Morgan fingerprint density at radius 3 is 2.61 bits per heavy atom. The van der Waals surface area contributed by atoms with E-state index in [0.29, 0.717) is 18.7 Å². The molecule has 2 N–H and O–H groups in total. The van der Waals surface area contributed by atoms with E-state index in [2.05, 4.69) is 4.98 Å². The Kier molecular flexibility index (Phi) is 13.7. The highest BCUT2D eigenvalue weighted by Crippen LogP contribution is 2.43. The number of aliphatic hydroxyl groups is 2. The van der Waals surface area contributed by atoms with Crippen molar-refractivity contribution in [3.05, 3.63) is 71.5 Å². The molecule has 1 fully saturated rings. The highest BCUT2D eigenvalue weighted by Gasteiger charge is 2.57. The van der Waals surface area contributed by atoms with Crippen LogP contribution in [0, 0.1) is 24.7 Å². The standard InChI is InChI=1S/C36H51NO9/c1-22(17-28-21-44-26(5)37-28)11-9-12-24(3)35(43-8)25(4)30-20-31(39)36(6)32(46-36)16-15-23(2)29(38)18-27(19-34(41)42-7)13-10-14-33(40)45-30/h9-12,14-17,21,23,25,27,29-32,35,38-39H,13,18-20H2,1-8H3/b11-9+,14-10+,16-15+,22-17-,24-12+/t23-,25+,27-,29-,30?,31+,32-,35+,36+/m1/s1. The number of aromatic nitrogens is 1. The summed E-state index contributed by atoms with van der Waals surface area (Å²) >= 11 is 0. The van der Waals surface area contributed by atoms with Gasteiger partial charge >= 0.3 is 11.9 Å².